The van der Waals surface area contributed by atoms with Gasteiger partial charge in [-0.3, -0.25) is 9.59 Å². The van der Waals surface area contributed by atoms with Crippen LogP contribution in [0.15, 0.2) is 29.8 Å². The predicted octanol–water partition coefficient (Wildman–Crippen LogP) is 4.29. The number of ketones is 1. The maximum atomic E-state index is 12.6. The topological polar surface area (TPSA) is 43.4 Å². The van der Waals surface area contributed by atoms with Gasteiger partial charge in [-0.2, -0.15) is 0 Å². The van der Waals surface area contributed by atoms with Crippen molar-refractivity contribution in [2.75, 3.05) is 6.61 Å². The van der Waals surface area contributed by atoms with Crippen molar-refractivity contribution in [1.82, 2.24) is 0 Å². The molecule has 0 aliphatic heterocycles. The van der Waals surface area contributed by atoms with Gasteiger partial charge in [-0.05, 0) is 56.5 Å². The first-order valence-electron chi connectivity index (χ1n) is 7.01. The molecule has 0 aromatic heterocycles. The first-order valence-corrected chi connectivity index (χ1v) is 7.38. The number of carbonyl (C=O) groups is 2. The molecule has 0 saturated heterocycles. The summed E-state index contributed by atoms with van der Waals surface area (Å²) in [7, 11) is 0. The molecule has 0 unspecified atom stereocenters. The van der Waals surface area contributed by atoms with Crippen LogP contribution >= 0.6 is 11.6 Å². The summed E-state index contributed by atoms with van der Waals surface area (Å²) in [4.78, 5) is 24.5. The van der Waals surface area contributed by atoms with Gasteiger partial charge in [0.05, 0.1) is 6.61 Å². The number of carbonyl (C=O) groups excluding carboxylic acids is 2. The zero-order chi connectivity index (χ0) is 16.0. The number of halogens is 1. The molecule has 0 saturated carbocycles. The monoisotopic (exact) mass is 308 g/mol. The van der Waals surface area contributed by atoms with E-state index in [2.05, 4.69) is 0 Å². The highest BCUT2D eigenvalue weighted by Gasteiger charge is 2.38. The molecule has 0 heterocycles. The van der Waals surface area contributed by atoms with Crippen LogP contribution in [-0.2, 0) is 14.3 Å². The summed E-state index contributed by atoms with van der Waals surface area (Å²) < 4.78 is 4.98. The van der Waals surface area contributed by atoms with E-state index in [1.807, 2.05) is 19.1 Å². The van der Waals surface area contributed by atoms with Gasteiger partial charge in [-0.1, -0.05) is 30.7 Å². The Morgan fingerprint density at radius 3 is 2.24 bits per heavy atom. The summed E-state index contributed by atoms with van der Waals surface area (Å²) >= 11 is 5.84. The Balaban J connectivity index is 3.06. The molecule has 114 valence electrons. The molecule has 4 heteroatoms. The van der Waals surface area contributed by atoms with Crippen molar-refractivity contribution < 1.29 is 14.3 Å². The average Bonchev–Trinajstić information content (AvgIpc) is 2.46. The zero-order valence-electron chi connectivity index (χ0n) is 12.9. The number of esters is 1. The lowest BCUT2D eigenvalue weighted by Crippen LogP contribution is -2.36. The van der Waals surface area contributed by atoms with Crippen molar-refractivity contribution >= 4 is 29.4 Å². The molecule has 0 radical (unpaired) electrons. The van der Waals surface area contributed by atoms with E-state index in [1.54, 1.807) is 39.0 Å². The molecule has 1 aromatic rings. The van der Waals surface area contributed by atoms with Crippen LogP contribution < -0.4 is 0 Å². The first kappa shape index (κ1) is 17.4. The average molecular weight is 309 g/mol. The Kier molecular flexibility index (Phi) is 6.16. The SMILES string of the molecule is CCOC(=O)C(C)(C)C(=O)C(=Cc1ccc(Cl)cc1)CC. The van der Waals surface area contributed by atoms with Gasteiger partial charge in [0, 0.05) is 5.02 Å². The maximum Gasteiger partial charge on any atom is 0.319 e. The Morgan fingerprint density at radius 1 is 1.19 bits per heavy atom. The van der Waals surface area contributed by atoms with Gasteiger partial charge in [0.15, 0.2) is 5.78 Å². The first-order chi connectivity index (χ1) is 9.82. The third-order valence-corrected chi connectivity index (χ3v) is 3.49. The van der Waals surface area contributed by atoms with Crippen molar-refractivity contribution in [3.63, 3.8) is 0 Å². The summed E-state index contributed by atoms with van der Waals surface area (Å²) in [5.41, 5.74) is 0.296. The lowest BCUT2D eigenvalue weighted by Gasteiger charge is -2.22. The van der Waals surface area contributed by atoms with Crippen LogP contribution in [0.1, 0.15) is 39.7 Å². The van der Waals surface area contributed by atoms with Crippen molar-refractivity contribution in [3.05, 3.63) is 40.4 Å². The van der Waals surface area contributed by atoms with E-state index in [0.29, 0.717) is 17.0 Å². The summed E-state index contributed by atoms with van der Waals surface area (Å²) in [6, 6.07) is 7.20. The van der Waals surface area contributed by atoms with Crippen molar-refractivity contribution in [1.29, 1.82) is 0 Å². The largest absolute Gasteiger partial charge is 0.465 e. The zero-order valence-corrected chi connectivity index (χ0v) is 13.7. The lowest BCUT2D eigenvalue weighted by molar-refractivity contribution is -0.156. The lowest BCUT2D eigenvalue weighted by atomic mass is 9.82. The second kappa shape index (κ2) is 7.41. The number of hydrogen-bond acceptors (Lipinski definition) is 3. The van der Waals surface area contributed by atoms with E-state index in [0.717, 1.165) is 5.56 Å². The van der Waals surface area contributed by atoms with Gasteiger partial charge in [-0.25, -0.2) is 0 Å². The van der Waals surface area contributed by atoms with Crippen LogP contribution in [0.4, 0.5) is 0 Å². The van der Waals surface area contributed by atoms with Gasteiger partial charge in [0.1, 0.15) is 5.41 Å². The number of allylic oxidation sites excluding steroid dienone is 1. The van der Waals surface area contributed by atoms with Gasteiger partial charge in [-0.15, -0.1) is 0 Å². The molecule has 0 amide bonds. The van der Waals surface area contributed by atoms with Gasteiger partial charge < -0.3 is 4.74 Å². The molecule has 0 aliphatic rings. The molecule has 0 spiro atoms. The van der Waals surface area contributed by atoms with Crippen LogP contribution in [-0.4, -0.2) is 18.4 Å². The highest BCUT2D eigenvalue weighted by Crippen LogP contribution is 2.26. The predicted molar refractivity (Wildman–Crippen MR) is 85.1 cm³/mol. The molecule has 0 aliphatic carbocycles. The number of benzene rings is 1. The Hall–Kier alpha value is -1.61. The molecule has 0 atom stereocenters. The minimum atomic E-state index is -1.18. The second-order valence-corrected chi connectivity index (χ2v) is 5.69. The van der Waals surface area contributed by atoms with E-state index < -0.39 is 11.4 Å². The van der Waals surface area contributed by atoms with Crippen molar-refractivity contribution in [2.24, 2.45) is 5.41 Å². The third-order valence-electron chi connectivity index (χ3n) is 3.24. The molecule has 21 heavy (non-hydrogen) atoms. The quantitative estimate of drug-likeness (QED) is 0.447. The molecule has 0 fully saturated rings. The van der Waals surface area contributed by atoms with Crippen LogP contribution in [0.2, 0.25) is 5.02 Å². The van der Waals surface area contributed by atoms with E-state index in [-0.39, 0.29) is 12.4 Å². The molecular formula is C17H21ClO3. The summed E-state index contributed by atoms with van der Waals surface area (Å²) in [5, 5.41) is 0.642. The third kappa shape index (κ3) is 4.43. The molecule has 1 rings (SSSR count). The standard InChI is InChI=1S/C17H21ClO3/c1-5-13(11-12-7-9-14(18)10-8-12)15(19)17(3,4)16(20)21-6-2/h7-11H,5-6H2,1-4H3. The van der Waals surface area contributed by atoms with Gasteiger partial charge in [0.25, 0.3) is 0 Å². The minimum Gasteiger partial charge on any atom is -0.465 e. The molecule has 1 aromatic carbocycles. The fraction of sp³-hybridized carbons (Fsp3) is 0.412. The highest BCUT2D eigenvalue weighted by atomic mass is 35.5. The van der Waals surface area contributed by atoms with E-state index >= 15 is 0 Å². The number of ether oxygens (including phenoxy) is 1. The summed E-state index contributed by atoms with van der Waals surface area (Å²) in [5.74, 6) is -0.705. The second-order valence-electron chi connectivity index (χ2n) is 5.25. The Labute approximate surface area is 130 Å². The Bertz CT molecular complexity index is 542. The normalized spacial score (nSPS) is 12.1. The van der Waals surface area contributed by atoms with Crippen LogP contribution in [0, 0.1) is 5.41 Å². The molecule has 3 nitrogen and oxygen atoms in total. The highest BCUT2D eigenvalue weighted by molar-refractivity contribution is 6.30. The van der Waals surface area contributed by atoms with Crippen molar-refractivity contribution in [3.8, 4) is 0 Å². The fourth-order valence-electron chi connectivity index (χ4n) is 1.89. The van der Waals surface area contributed by atoms with Crippen molar-refractivity contribution in [2.45, 2.75) is 34.1 Å². The smallest absolute Gasteiger partial charge is 0.319 e. The summed E-state index contributed by atoms with van der Waals surface area (Å²) in [6.45, 7) is 7.07. The Morgan fingerprint density at radius 2 is 1.76 bits per heavy atom. The molecular weight excluding hydrogens is 288 g/mol. The molecule has 0 N–H and O–H groups in total. The van der Waals surface area contributed by atoms with E-state index in [1.165, 1.54) is 0 Å². The minimum absolute atomic E-state index is 0.210. The van der Waals surface area contributed by atoms with Crippen LogP contribution in [0.3, 0.4) is 0 Å². The van der Waals surface area contributed by atoms with E-state index in [9.17, 15) is 9.59 Å². The van der Waals surface area contributed by atoms with Gasteiger partial charge >= 0.3 is 5.97 Å². The van der Waals surface area contributed by atoms with Gasteiger partial charge in [0.2, 0.25) is 0 Å². The number of Topliss-reactive ketones (excluding diaryl/α,β-unsaturated/α-hetero) is 1. The van der Waals surface area contributed by atoms with Crippen LogP contribution in [0.25, 0.3) is 6.08 Å². The van der Waals surface area contributed by atoms with Crippen LogP contribution in [0.5, 0.6) is 0 Å². The number of hydrogen-bond donors (Lipinski definition) is 0. The maximum absolute atomic E-state index is 12.6. The fourth-order valence-corrected chi connectivity index (χ4v) is 2.02. The molecule has 0 bridgehead atoms. The number of rotatable bonds is 6. The summed E-state index contributed by atoms with van der Waals surface area (Å²) in [6.07, 6.45) is 2.34. The van der Waals surface area contributed by atoms with E-state index in [4.69, 9.17) is 16.3 Å².